The Bertz CT molecular complexity index is 460. The van der Waals surface area contributed by atoms with Gasteiger partial charge in [-0.1, -0.05) is 11.6 Å². The number of likely N-dealkylation sites (tertiary alicyclic amines) is 1. The van der Waals surface area contributed by atoms with E-state index in [9.17, 15) is 4.79 Å². The van der Waals surface area contributed by atoms with Gasteiger partial charge in [0.1, 0.15) is 5.15 Å². The molecule has 1 amide bonds. The number of amides is 1. The summed E-state index contributed by atoms with van der Waals surface area (Å²) in [6, 6.07) is 1.58. The molecule has 0 aromatic carbocycles. The molecule has 19 heavy (non-hydrogen) atoms. The number of nitrogens with one attached hydrogen (secondary N) is 1. The first kappa shape index (κ1) is 14.1. The van der Waals surface area contributed by atoms with Crippen LogP contribution >= 0.6 is 11.6 Å². The van der Waals surface area contributed by atoms with Crippen LogP contribution in [0.4, 0.5) is 5.69 Å². The van der Waals surface area contributed by atoms with Crippen LogP contribution in [0, 0.1) is 0 Å². The summed E-state index contributed by atoms with van der Waals surface area (Å²) in [6.07, 6.45) is 3.89. The largest absolute Gasteiger partial charge is 0.397 e. The van der Waals surface area contributed by atoms with Crippen molar-refractivity contribution in [1.29, 1.82) is 0 Å². The topological polar surface area (TPSA) is 71.2 Å². The first-order valence-electron chi connectivity index (χ1n) is 6.50. The Morgan fingerprint density at radius 3 is 2.95 bits per heavy atom. The van der Waals surface area contributed by atoms with Crippen molar-refractivity contribution in [2.24, 2.45) is 0 Å². The zero-order chi connectivity index (χ0) is 13.8. The third-order valence-corrected chi connectivity index (χ3v) is 3.46. The molecule has 1 saturated heterocycles. The lowest BCUT2D eigenvalue weighted by molar-refractivity contribution is 0.0932. The number of hydrogen-bond acceptors (Lipinski definition) is 4. The highest BCUT2D eigenvalue weighted by molar-refractivity contribution is 6.29. The summed E-state index contributed by atoms with van der Waals surface area (Å²) >= 11 is 5.78. The third kappa shape index (κ3) is 3.81. The van der Waals surface area contributed by atoms with E-state index in [-0.39, 0.29) is 17.1 Å². The molecule has 1 aliphatic heterocycles. The van der Waals surface area contributed by atoms with Crippen molar-refractivity contribution < 1.29 is 4.79 Å². The van der Waals surface area contributed by atoms with Crippen LogP contribution in [-0.2, 0) is 0 Å². The van der Waals surface area contributed by atoms with E-state index < -0.39 is 0 Å². The van der Waals surface area contributed by atoms with E-state index in [1.165, 1.54) is 25.1 Å². The molecular weight excluding hydrogens is 264 g/mol. The predicted octanol–water partition coefficient (Wildman–Crippen LogP) is 1.53. The van der Waals surface area contributed by atoms with Crippen LogP contribution in [0.2, 0.25) is 5.15 Å². The Kier molecular flexibility index (Phi) is 4.61. The zero-order valence-electron chi connectivity index (χ0n) is 11.0. The monoisotopic (exact) mass is 282 g/mol. The summed E-state index contributed by atoms with van der Waals surface area (Å²) in [5.41, 5.74) is 6.46. The van der Waals surface area contributed by atoms with Crippen molar-refractivity contribution in [2.75, 3.05) is 25.4 Å². The number of anilines is 1. The highest BCUT2D eigenvalue weighted by atomic mass is 35.5. The minimum atomic E-state index is -0.200. The Hall–Kier alpha value is -1.33. The molecule has 1 atom stereocenters. The molecule has 3 N–H and O–H groups in total. The molecule has 2 heterocycles. The van der Waals surface area contributed by atoms with Crippen molar-refractivity contribution in [2.45, 2.75) is 25.8 Å². The molecule has 1 aromatic heterocycles. The summed E-state index contributed by atoms with van der Waals surface area (Å²) in [6.45, 7) is 5.09. The van der Waals surface area contributed by atoms with E-state index in [1.807, 2.05) is 6.92 Å². The molecule has 1 aromatic rings. The Balaban J connectivity index is 1.94. The van der Waals surface area contributed by atoms with Crippen LogP contribution in [0.3, 0.4) is 0 Å². The number of hydrogen-bond donors (Lipinski definition) is 2. The van der Waals surface area contributed by atoms with Gasteiger partial charge < -0.3 is 16.0 Å². The number of aromatic nitrogens is 1. The smallest absolute Gasteiger partial charge is 0.253 e. The quantitative estimate of drug-likeness (QED) is 0.822. The van der Waals surface area contributed by atoms with Gasteiger partial charge in [0, 0.05) is 12.6 Å². The Morgan fingerprint density at radius 2 is 2.26 bits per heavy atom. The van der Waals surface area contributed by atoms with E-state index in [2.05, 4.69) is 15.2 Å². The first-order valence-corrected chi connectivity index (χ1v) is 6.88. The number of nitrogen functional groups attached to an aromatic ring is 1. The lowest BCUT2D eigenvalue weighted by Crippen LogP contribution is -2.41. The molecule has 1 fully saturated rings. The highest BCUT2D eigenvalue weighted by Crippen LogP contribution is 2.15. The lowest BCUT2D eigenvalue weighted by atomic mass is 10.2. The van der Waals surface area contributed by atoms with Gasteiger partial charge in [-0.05, 0) is 38.9 Å². The number of halogens is 1. The number of carbonyl (C=O) groups excluding carboxylic acids is 1. The zero-order valence-corrected chi connectivity index (χ0v) is 11.8. The fourth-order valence-electron chi connectivity index (χ4n) is 2.34. The van der Waals surface area contributed by atoms with Crippen molar-refractivity contribution in [3.05, 3.63) is 23.0 Å². The minimum Gasteiger partial charge on any atom is -0.397 e. The molecule has 2 rings (SSSR count). The van der Waals surface area contributed by atoms with E-state index in [0.717, 1.165) is 19.6 Å². The van der Waals surface area contributed by atoms with E-state index >= 15 is 0 Å². The number of nitrogens with two attached hydrogens (primary N) is 1. The molecule has 1 aliphatic rings. The Labute approximate surface area is 118 Å². The van der Waals surface area contributed by atoms with Crippen LogP contribution < -0.4 is 11.1 Å². The normalized spacial score (nSPS) is 17.4. The van der Waals surface area contributed by atoms with Gasteiger partial charge in [-0.15, -0.1) is 0 Å². The minimum absolute atomic E-state index is 0.0805. The number of carbonyl (C=O) groups is 1. The summed E-state index contributed by atoms with van der Waals surface area (Å²) in [5.74, 6) is -0.200. The molecule has 0 saturated carbocycles. The molecule has 0 aliphatic carbocycles. The summed E-state index contributed by atoms with van der Waals surface area (Å²) in [7, 11) is 0. The summed E-state index contributed by atoms with van der Waals surface area (Å²) < 4.78 is 0. The van der Waals surface area contributed by atoms with Crippen molar-refractivity contribution in [3.8, 4) is 0 Å². The maximum Gasteiger partial charge on any atom is 0.253 e. The standard InChI is InChI=1S/C13H19ClN4O/c1-9(8-18-4-2-3-5-18)17-13(19)10-6-12(14)16-7-11(10)15/h6-7,9H,2-5,8,15H2,1H3,(H,17,19). The number of rotatable bonds is 4. The van der Waals surface area contributed by atoms with Gasteiger partial charge >= 0.3 is 0 Å². The fourth-order valence-corrected chi connectivity index (χ4v) is 2.49. The molecule has 5 nitrogen and oxygen atoms in total. The molecule has 0 spiro atoms. The van der Waals surface area contributed by atoms with Gasteiger partial charge in [-0.25, -0.2) is 4.98 Å². The molecule has 0 radical (unpaired) electrons. The van der Waals surface area contributed by atoms with Crippen LogP contribution in [0.5, 0.6) is 0 Å². The molecule has 0 bridgehead atoms. The second kappa shape index (κ2) is 6.21. The maximum atomic E-state index is 12.1. The molecule has 1 unspecified atom stereocenters. The number of nitrogens with zero attached hydrogens (tertiary/aromatic N) is 2. The van der Waals surface area contributed by atoms with Gasteiger partial charge in [0.15, 0.2) is 0 Å². The van der Waals surface area contributed by atoms with Gasteiger partial charge in [0.25, 0.3) is 5.91 Å². The second-order valence-corrected chi connectivity index (χ2v) is 5.36. The molecule has 104 valence electrons. The predicted molar refractivity (Wildman–Crippen MR) is 76.3 cm³/mol. The van der Waals surface area contributed by atoms with Crippen molar-refractivity contribution in [3.63, 3.8) is 0 Å². The fraction of sp³-hybridized carbons (Fsp3) is 0.538. The van der Waals surface area contributed by atoms with E-state index in [4.69, 9.17) is 17.3 Å². The van der Waals surface area contributed by atoms with Gasteiger partial charge in [-0.2, -0.15) is 0 Å². The average Bonchev–Trinajstić information content (AvgIpc) is 2.84. The number of pyridine rings is 1. The van der Waals surface area contributed by atoms with Crippen molar-refractivity contribution in [1.82, 2.24) is 15.2 Å². The van der Waals surface area contributed by atoms with Gasteiger partial charge in [0.2, 0.25) is 0 Å². The van der Waals surface area contributed by atoms with Crippen LogP contribution in [0.1, 0.15) is 30.1 Å². The highest BCUT2D eigenvalue weighted by Gasteiger charge is 2.18. The van der Waals surface area contributed by atoms with E-state index in [1.54, 1.807) is 0 Å². The van der Waals surface area contributed by atoms with Crippen LogP contribution in [0.15, 0.2) is 12.3 Å². The van der Waals surface area contributed by atoms with E-state index in [0.29, 0.717) is 11.3 Å². The lowest BCUT2D eigenvalue weighted by Gasteiger charge is -2.21. The third-order valence-electron chi connectivity index (χ3n) is 3.25. The van der Waals surface area contributed by atoms with Crippen LogP contribution in [-0.4, -0.2) is 41.5 Å². The summed E-state index contributed by atoms with van der Waals surface area (Å²) in [4.78, 5) is 18.3. The maximum absolute atomic E-state index is 12.1. The Morgan fingerprint density at radius 1 is 1.58 bits per heavy atom. The van der Waals surface area contributed by atoms with Crippen molar-refractivity contribution >= 4 is 23.2 Å². The molecular formula is C13H19ClN4O. The van der Waals surface area contributed by atoms with Crippen LogP contribution in [0.25, 0.3) is 0 Å². The summed E-state index contributed by atoms with van der Waals surface area (Å²) in [5, 5.41) is 3.21. The average molecular weight is 283 g/mol. The first-order chi connectivity index (χ1) is 9.06. The SMILES string of the molecule is CC(CN1CCCC1)NC(=O)c1cc(Cl)ncc1N. The molecule has 6 heteroatoms. The van der Waals surface area contributed by atoms with Gasteiger partial charge in [-0.3, -0.25) is 4.79 Å². The van der Waals surface area contributed by atoms with Gasteiger partial charge in [0.05, 0.1) is 17.4 Å². The second-order valence-electron chi connectivity index (χ2n) is 4.98.